The summed E-state index contributed by atoms with van der Waals surface area (Å²) in [5.74, 6) is -1.27. The van der Waals surface area contributed by atoms with Crippen molar-refractivity contribution in [3.05, 3.63) is 46.8 Å². The SMILES string of the molecule is CCOC(=O)NC(=O)c1ccsc1NC(=O)CCCS(=O)(=O)c1ccc(C)cc1. The number of hydrogen-bond donors (Lipinski definition) is 2. The first kappa shape index (κ1) is 22.6. The Morgan fingerprint density at radius 2 is 1.79 bits per heavy atom. The van der Waals surface area contributed by atoms with E-state index in [-0.39, 0.29) is 40.7 Å². The minimum Gasteiger partial charge on any atom is -0.450 e. The number of benzene rings is 1. The maximum absolute atomic E-state index is 12.3. The zero-order valence-corrected chi connectivity index (χ0v) is 17.7. The highest BCUT2D eigenvalue weighted by atomic mass is 32.2. The fourth-order valence-electron chi connectivity index (χ4n) is 2.39. The lowest BCUT2D eigenvalue weighted by Crippen LogP contribution is -2.31. The molecule has 1 aromatic carbocycles. The zero-order valence-electron chi connectivity index (χ0n) is 16.1. The number of imide groups is 1. The van der Waals surface area contributed by atoms with Crippen LogP contribution in [0.5, 0.6) is 0 Å². The van der Waals surface area contributed by atoms with E-state index in [9.17, 15) is 22.8 Å². The fourth-order valence-corrected chi connectivity index (χ4v) is 4.50. The van der Waals surface area contributed by atoms with Crippen molar-refractivity contribution in [3.8, 4) is 0 Å². The first-order valence-electron chi connectivity index (χ1n) is 8.88. The maximum atomic E-state index is 12.3. The predicted octanol–water partition coefficient (Wildman–Crippen LogP) is 3.14. The largest absolute Gasteiger partial charge is 0.450 e. The second-order valence-corrected chi connectivity index (χ2v) is 9.15. The van der Waals surface area contributed by atoms with Gasteiger partial charge in [0.2, 0.25) is 5.91 Å². The number of hydrogen-bond acceptors (Lipinski definition) is 7. The van der Waals surface area contributed by atoms with Gasteiger partial charge in [0.25, 0.3) is 5.91 Å². The summed E-state index contributed by atoms with van der Waals surface area (Å²) >= 11 is 1.12. The molecule has 2 rings (SSSR count). The number of ether oxygens (including phenoxy) is 1. The van der Waals surface area contributed by atoms with E-state index in [2.05, 4.69) is 15.4 Å². The lowest BCUT2D eigenvalue weighted by molar-refractivity contribution is -0.116. The van der Waals surface area contributed by atoms with Gasteiger partial charge in [0.1, 0.15) is 5.00 Å². The van der Waals surface area contributed by atoms with E-state index in [0.29, 0.717) is 0 Å². The van der Waals surface area contributed by atoms with Crippen LogP contribution >= 0.6 is 11.3 Å². The number of thiophene rings is 1. The van der Waals surface area contributed by atoms with Crippen molar-refractivity contribution in [2.45, 2.75) is 31.6 Å². The van der Waals surface area contributed by atoms with Crippen LogP contribution < -0.4 is 10.6 Å². The summed E-state index contributed by atoms with van der Waals surface area (Å²) in [6, 6.07) is 8.00. The molecule has 2 aromatic rings. The monoisotopic (exact) mass is 438 g/mol. The topological polar surface area (TPSA) is 119 Å². The molecular weight excluding hydrogens is 416 g/mol. The van der Waals surface area contributed by atoms with Gasteiger partial charge < -0.3 is 10.1 Å². The van der Waals surface area contributed by atoms with Gasteiger partial charge in [-0.1, -0.05) is 17.7 Å². The van der Waals surface area contributed by atoms with Crippen LogP contribution in [0.2, 0.25) is 0 Å². The highest BCUT2D eigenvalue weighted by Crippen LogP contribution is 2.23. The molecule has 0 bridgehead atoms. The van der Waals surface area contributed by atoms with Crippen LogP contribution in [0, 0.1) is 6.92 Å². The molecule has 0 aliphatic carbocycles. The van der Waals surface area contributed by atoms with Gasteiger partial charge in [0.05, 0.1) is 22.8 Å². The first-order chi connectivity index (χ1) is 13.7. The number of anilines is 1. The lowest BCUT2D eigenvalue weighted by atomic mass is 10.2. The summed E-state index contributed by atoms with van der Waals surface area (Å²) in [6.07, 6.45) is -0.762. The Kier molecular flexibility index (Phi) is 7.91. The molecule has 0 atom stereocenters. The van der Waals surface area contributed by atoms with Crippen LogP contribution in [0.15, 0.2) is 40.6 Å². The molecule has 0 aliphatic rings. The standard InChI is InChI=1S/C19H22N2O6S2/c1-3-27-19(24)21-17(23)15-10-11-28-18(15)20-16(22)5-4-12-29(25,26)14-8-6-13(2)7-9-14/h6-11H,3-5,12H2,1-2H3,(H,20,22)(H,21,23,24). The third-order valence-electron chi connectivity index (χ3n) is 3.85. The van der Waals surface area contributed by atoms with Crippen LogP contribution in [0.1, 0.15) is 35.7 Å². The Morgan fingerprint density at radius 3 is 2.45 bits per heavy atom. The number of carbonyl (C=O) groups excluding carboxylic acids is 3. The molecule has 10 heteroatoms. The molecular formula is C19H22N2O6S2. The highest BCUT2D eigenvalue weighted by Gasteiger charge is 2.19. The number of alkyl carbamates (subject to hydrolysis) is 1. The quantitative estimate of drug-likeness (QED) is 0.654. The van der Waals surface area contributed by atoms with Crippen LogP contribution in [-0.4, -0.2) is 38.7 Å². The van der Waals surface area contributed by atoms with Crippen molar-refractivity contribution >= 4 is 44.1 Å². The van der Waals surface area contributed by atoms with E-state index in [4.69, 9.17) is 0 Å². The van der Waals surface area contributed by atoms with Crippen molar-refractivity contribution in [2.24, 2.45) is 0 Å². The number of amides is 3. The molecule has 3 amide bonds. The minimum atomic E-state index is -3.47. The molecule has 0 aliphatic heterocycles. The van der Waals surface area contributed by atoms with Crippen LogP contribution in [0.25, 0.3) is 0 Å². The van der Waals surface area contributed by atoms with Gasteiger partial charge in [-0.25, -0.2) is 13.2 Å². The highest BCUT2D eigenvalue weighted by molar-refractivity contribution is 7.91. The summed E-state index contributed by atoms with van der Waals surface area (Å²) in [5.41, 5.74) is 1.09. The fraction of sp³-hybridized carbons (Fsp3) is 0.316. The molecule has 0 radical (unpaired) electrons. The summed E-state index contributed by atoms with van der Waals surface area (Å²) < 4.78 is 29.3. The third-order valence-corrected chi connectivity index (χ3v) is 6.50. The molecule has 29 heavy (non-hydrogen) atoms. The van der Waals surface area contributed by atoms with Crippen LogP contribution in [0.4, 0.5) is 9.80 Å². The second kappa shape index (κ2) is 10.2. The first-order valence-corrected chi connectivity index (χ1v) is 11.4. The van der Waals surface area contributed by atoms with E-state index < -0.39 is 27.7 Å². The van der Waals surface area contributed by atoms with E-state index in [1.54, 1.807) is 36.6 Å². The second-order valence-electron chi connectivity index (χ2n) is 6.12. The van der Waals surface area contributed by atoms with Gasteiger partial charge in [0, 0.05) is 6.42 Å². The summed E-state index contributed by atoms with van der Waals surface area (Å²) in [4.78, 5) is 35.8. The number of carbonyl (C=O) groups is 3. The van der Waals surface area contributed by atoms with Gasteiger partial charge in [-0.05, 0) is 43.8 Å². The minimum absolute atomic E-state index is 0.0259. The Bertz CT molecular complexity index is 980. The Labute approximate surface area is 173 Å². The van der Waals surface area contributed by atoms with Gasteiger partial charge in [-0.3, -0.25) is 14.9 Å². The molecule has 156 valence electrons. The maximum Gasteiger partial charge on any atom is 0.414 e. The van der Waals surface area contributed by atoms with Gasteiger partial charge in [-0.15, -0.1) is 11.3 Å². The van der Waals surface area contributed by atoms with Crippen molar-refractivity contribution in [1.29, 1.82) is 0 Å². The molecule has 0 fully saturated rings. The molecule has 0 spiro atoms. The van der Waals surface area contributed by atoms with Gasteiger partial charge in [-0.2, -0.15) is 0 Å². The van der Waals surface area contributed by atoms with Crippen molar-refractivity contribution < 1.29 is 27.5 Å². The number of rotatable bonds is 8. The number of nitrogens with one attached hydrogen (secondary N) is 2. The number of aryl methyl sites for hydroxylation is 1. The number of sulfone groups is 1. The normalized spacial score (nSPS) is 11.0. The summed E-state index contributed by atoms with van der Waals surface area (Å²) in [6.45, 7) is 3.60. The Hall–Kier alpha value is -2.72. The molecule has 8 nitrogen and oxygen atoms in total. The van der Waals surface area contributed by atoms with Gasteiger partial charge >= 0.3 is 6.09 Å². The van der Waals surface area contributed by atoms with Crippen LogP contribution in [-0.2, 0) is 19.4 Å². The third kappa shape index (κ3) is 6.68. The average Bonchev–Trinajstić information content (AvgIpc) is 3.10. The predicted molar refractivity (Wildman–Crippen MR) is 110 cm³/mol. The van der Waals surface area contributed by atoms with E-state index >= 15 is 0 Å². The smallest absolute Gasteiger partial charge is 0.414 e. The van der Waals surface area contributed by atoms with Gasteiger partial charge in [0.15, 0.2) is 9.84 Å². The lowest BCUT2D eigenvalue weighted by Gasteiger charge is -2.08. The Morgan fingerprint density at radius 1 is 1.10 bits per heavy atom. The molecule has 0 saturated heterocycles. The Balaban J connectivity index is 1.89. The molecule has 1 aromatic heterocycles. The van der Waals surface area contributed by atoms with E-state index in [1.165, 1.54) is 6.07 Å². The zero-order chi connectivity index (χ0) is 21.4. The molecule has 2 N–H and O–H groups in total. The van der Waals surface area contributed by atoms with E-state index in [0.717, 1.165) is 16.9 Å². The summed E-state index contributed by atoms with van der Waals surface area (Å²) in [7, 11) is -3.47. The van der Waals surface area contributed by atoms with Crippen molar-refractivity contribution in [2.75, 3.05) is 17.7 Å². The summed E-state index contributed by atoms with van der Waals surface area (Å²) in [5, 5.41) is 6.51. The van der Waals surface area contributed by atoms with Crippen molar-refractivity contribution in [3.63, 3.8) is 0 Å². The van der Waals surface area contributed by atoms with Crippen LogP contribution in [0.3, 0.4) is 0 Å². The average molecular weight is 439 g/mol. The molecule has 0 saturated carbocycles. The van der Waals surface area contributed by atoms with E-state index in [1.807, 2.05) is 6.92 Å². The van der Waals surface area contributed by atoms with Crippen molar-refractivity contribution in [1.82, 2.24) is 5.32 Å². The molecule has 0 unspecified atom stereocenters. The molecule has 1 heterocycles.